The van der Waals surface area contributed by atoms with Gasteiger partial charge >= 0.3 is 0 Å². The fourth-order valence-electron chi connectivity index (χ4n) is 6.72. The number of anilines is 2. The molecule has 3 atom stereocenters. The first-order valence-corrected chi connectivity index (χ1v) is 14.4. The average molecular weight is 534 g/mol. The third-order valence-electron chi connectivity index (χ3n) is 8.83. The van der Waals surface area contributed by atoms with E-state index in [2.05, 4.69) is 58.3 Å². The van der Waals surface area contributed by atoms with Crippen molar-refractivity contribution in [3.8, 4) is 11.6 Å². The largest absolute Gasteiger partial charge is 0.484 e. The summed E-state index contributed by atoms with van der Waals surface area (Å²) in [6.45, 7) is 8.22. The lowest BCUT2D eigenvalue weighted by atomic mass is 9.96. The molecule has 0 radical (unpaired) electrons. The van der Waals surface area contributed by atoms with Crippen molar-refractivity contribution in [3.63, 3.8) is 0 Å². The first-order valence-electron chi connectivity index (χ1n) is 14.0. The summed E-state index contributed by atoms with van der Waals surface area (Å²) in [6, 6.07) is 13.7. The Bertz CT molecular complexity index is 1360. The number of piperazine rings is 1. The minimum atomic E-state index is 0.328. The van der Waals surface area contributed by atoms with Crippen LogP contribution in [-0.2, 0) is 13.0 Å². The zero-order chi connectivity index (χ0) is 25.8. The van der Waals surface area contributed by atoms with Crippen LogP contribution < -0.4 is 24.6 Å². The van der Waals surface area contributed by atoms with E-state index in [-0.39, 0.29) is 0 Å². The maximum atomic E-state index is 6.71. The van der Waals surface area contributed by atoms with Crippen LogP contribution in [0.3, 0.4) is 0 Å². The monoisotopic (exact) mass is 533 g/mol. The number of hydrogen-bond donors (Lipinski definition) is 1. The van der Waals surface area contributed by atoms with E-state index in [0.29, 0.717) is 37.2 Å². The van der Waals surface area contributed by atoms with Gasteiger partial charge in [-0.1, -0.05) is 35.9 Å². The van der Waals surface area contributed by atoms with Crippen LogP contribution in [0, 0.1) is 0 Å². The standard InChI is InChI=1S/C30H36ClN5O2/c1-19-15-36-22(14-32-19)18-37-29-28(36)23-11-13-35(26-10-4-7-20-6-3-9-24(31)27(20)26)16-25(23)33-30(29)38-17-21-8-5-12-34(21)2/h3-4,6-7,9-10,19,21-22,32H,5,8,11-18H2,1-2H3/t19-,21+,22-/m1/s1. The number of aromatic nitrogens is 1. The molecule has 4 aliphatic rings. The number of rotatable bonds is 4. The molecular weight excluding hydrogens is 498 g/mol. The number of benzene rings is 2. The van der Waals surface area contributed by atoms with Crippen LogP contribution in [0.2, 0.25) is 5.02 Å². The van der Waals surface area contributed by atoms with E-state index >= 15 is 0 Å². The third-order valence-corrected chi connectivity index (χ3v) is 9.14. The first kappa shape index (κ1) is 24.3. The van der Waals surface area contributed by atoms with Gasteiger partial charge in [-0.15, -0.1) is 0 Å². The molecule has 3 aromatic rings. The molecule has 4 aliphatic heterocycles. The number of likely N-dealkylation sites (tertiary alicyclic amines) is 1. The number of ether oxygens (including phenoxy) is 2. The summed E-state index contributed by atoms with van der Waals surface area (Å²) >= 11 is 6.71. The highest BCUT2D eigenvalue weighted by molar-refractivity contribution is 6.36. The SMILES string of the molecule is C[C@@H]1CN2c3c4c(nc(OC[C@@H]5CCCN5C)c3OC[C@H]2CN1)CN(c1cccc2cccc(Cl)c12)CC4. The normalized spacial score (nSPS) is 25.1. The number of nitrogens with one attached hydrogen (secondary N) is 1. The molecule has 2 aromatic carbocycles. The average Bonchev–Trinajstić information content (AvgIpc) is 3.35. The van der Waals surface area contributed by atoms with Crippen LogP contribution in [0.1, 0.15) is 31.0 Å². The summed E-state index contributed by atoms with van der Waals surface area (Å²) in [5.74, 6) is 1.50. The second kappa shape index (κ2) is 9.78. The fraction of sp³-hybridized carbons (Fsp3) is 0.500. The molecule has 200 valence electrons. The molecule has 7 rings (SSSR count). The van der Waals surface area contributed by atoms with Crippen molar-refractivity contribution >= 4 is 33.7 Å². The topological polar surface area (TPSA) is 53.1 Å². The summed E-state index contributed by atoms with van der Waals surface area (Å²) < 4.78 is 12.9. The molecule has 8 heteroatoms. The molecule has 0 saturated carbocycles. The highest BCUT2D eigenvalue weighted by Crippen LogP contribution is 2.47. The number of pyridine rings is 1. The Morgan fingerprint density at radius 1 is 1.18 bits per heavy atom. The Balaban J connectivity index is 1.28. The van der Waals surface area contributed by atoms with Crippen molar-refractivity contribution in [1.82, 2.24) is 15.2 Å². The molecule has 0 aliphatic carbocycles. The zero-order valence-corrected chi connectivity index (χ0v) is 23.0. The molecule has 0 spiro atoms. The molecule has 1 N–H and O–H groups in total. The quantitative estimate of drug-likeness (QED) is 0.530. The summed E-state index contributed by atoms with van der Waals surface area (Å²) in [5, 5.41) is 6.69. The van der Waals surface area contributed by atoms with Crippen LogP contribution >= 0.6 is 11.6 Å². The van der Waals surface area contributed by atoms with Gasteiger partial charge in [-0.2, -0.15) is 0 Å². The van der Waals surface area contributed by atoms with Gasteiger partial charge in [-0.25, -0.2) is 4.98 Å². The number of nitrogens with zero attached hydrogens (tertiary/aromatic N) is 4. The Kier molecular flexibility index (Phi) is 6.26. The van der Waals surface area contributed by atoms with Crippen molar-refractivity contribution in [3.05, 3.63) is 52.7 Å². The van der Waals surface area contributed by atoms with E-state index in [1.54, 1.807) is 0 Å². The Labute approximate surface area is 229 Å². The number of likely N-dealkylation sites (N-methyl/N-ethyl adjacent to an activating group) is 1. The Hall–Kier alpha value is -2.74. The zero-order valence-electron chi connectivity index (χ0n) is 22.3. The molecule has 0 bridgehead atoms. The summed E-state index contributed by atoms with van der Waals surface area (Å²) in [7, 11) is 2.19. The van der Waals surface area contributed by atoms with Crippen LogP contribution in [0.4, 0.5) is 11.4 Å². The van der Waals surface area contributed by atoms with E-state index in [1.807, 2.05) is 12.1 Å². The third kappa shape index (κ3) is 4.16. The lowest BCUT2D eigenvalue weighted by molar-refractivity contribution is 0.175. The van der Waals surface area contributed by atoms with Gasteiger partial charge in [0.25, 0.3) is 5.88 Å². The molecule has 2 saturated heterocycles. The molecule has 2 fully saturated rings. The van der Waals surface area contributed by atoms with Crippen LogP contribution in [0.25, 0.3) is 10.8 Å². The second-order valence-electron chi connectivity index (χ2n) is 11.3. The molecule has 7 nitrogen and oxygen atoms in total. The Morgan fingerprint density at radius 2 is 2.05 bits per heavy atom. The lowest BCUT2D eigenvalue weighted by Gasteiger charge is -2.46. The van der Waals surface area contributed by atoms with Crippen molar-refractivity contribution in [2.24, 2.45) is 0 Å². The van der Waals surface area contributed by atoms with Crippen LogP contribution in [0.15, 0.2) is 36.4 Å². The molecule has 5 heterocycles. The van der Waals surface area contributed by atoms with E-state index < -0.39 is 0 Å². The fourth-order valence-corrected chi connectivity index (χ4v) is 6.99. The summed E-state index contributed by atoms with van der Waals surface area (Å²) in [5.41, 5.74) is 4.78. The lowest BCUT2D eigenvalue weighted by Crippen LogP contribution is -2.59. The second-order valence-corrected chi connectivity index (χ2v) is 11.7. The predicted molar refractivity (Wildman–Crippen MR) is 153 cm³/mol. The molecular formula is C30H36ClN5O2. The molecule has 0 unspecified atom stereocenters. The van der Waals surface area contributed by atoms with E-state index in [1.165, 1.54) is 23.4 Å². The van der Waals surface area contributed by atoms with E-state index in [4.69, 9.17) is 26.1 Å². The van der Waals surface area contributed by atoms with Gasteiger partial charge in [-0.05, 0) is 57.3 Å². The van der Waals surface area contributed by atoms with Gasteiger partial charge in [0, 0.05) is 48.4 Å². The molecule has 1 aromatic heterocycles. The smallest absolute Gasteiger partial charge is 0.259 e. The van der Waals surface area contributed by atoms with Crippen molar-refractivity contribution in [2.75, 3.05) is 56.2 Å². The Morgan fingerprint density at radius 3 is 2.89 bits per heavy atom. The number of hydrogen-bond acceptors (Lipinski definition) is 7. The summed E-state index contributed by atoms with van der Waals surface area (Å²) in [6.07, 6.45) is 3.29. The highest BCUT2D eigenvalue weighted by atomic mass is 35.5. The van der Waals surface area contributed by atoms with Gasteiger partial charge in [0.2, 0.25) is 5.75 Å². The maximum Gasteiger partial charge on any atom is 0.259 e. The van der Waals surface area contributed by atoms with E-state index in [0.717, 1.165) is 72.8 Å². The minimum absolute atomic E-state index is 0.328. The first-order chi connectivity index (χ1) is 18.6. The van der Waals surface area contributed by atoms with Gasteiger partial charge in [0.05, 0.1) is 29.0 Å². The molecule has 38 heavy (non-hydrogen) atoms. The highest BCUT2D eigenvalue weighted by Gasteiger charge is 2.39. The van der Waals surface area contributed by atoms with Gasteiger partial charge in [0.1, 0.15) is 13.2 Å². The number of halogens is 1. The summed E-state index contributed by atoms with van der Waals surface area (Å²) in [4.78, 5) is 12.6. The van der Waals surface area contributed by atoms with Crippen LogP contribution in [0.5, 0.6) is 11.6 Å². The van der Waals surface area contributed by atoms with Gasteiger partial charge in [-0.3, -0.25) is 0 Å². The van der Waals surface area contributed by atoms with Crippen LogP contribution in [-0.4, -0.2) is 74.4 Å². The predicted octanol–water partition coefficient (Wildman–Crippen LogP) is 4.48. The van der Waals surface area contributed by atoms with Gasteiger partial charge in [0.15, 0.2) is 0 Å². The molecule has 0 amide bonds. The maximum absolute atomic E-state index is 6.71. The van der Waals surface area contributed by atoms with Crippen molar-refractivity contribution < 1.29 is 9.47 Å². The number of fused-ring (bicyclic) bond motifs is 6. The van der Waals surface area contributed by atoms with Crippen molar-refractivity contribution in [2.45, 2.75) is 50.9 Å². The van der Waals surface area contributed by atoms with Gasteiger partial charge < -0.3 is 29.5 Å². The van der Waals surface area contributed by atoms with Crippen molar-refractivity contribution in [1.29, 1.82) is 0 Å². The minimum Gasteiger partial charge on any atom is -0.484 e. The van der Waals surface area contributed by atoms with E-state index in [9.17, 15) is 0 Å².